The van der Waals surface area contributed by atoms with Gasteiger partial charge in [0.15, 0.2) is 5.96 Å². The summed E-state index contributed by atoms with van der Waals surface area (Å²) in [5, 5.41) is 11.1. The Morgan fingerprint density at radius 3 is 2.70 bits per heavy atom. The number of aromatic nitrogens is 3. The van der Waals surface area contributed by atoms with Crippen LogP contribution in [0.2, 0.25) is 0 Å². The fourth-order valence-corrected chi connectivity index (χ4v) is 2.57. The molecule has 0 atom stereocenters. The molecule has 2 aromatic heterocycles. The molecule has 0 amide bonds. The standard InChI is InChI=1S/C19H30N6O2/c1-15-12-16(2)25(24-15)9-5-8-21-19(20-3)23-14-17-6-7-18(22-13-17)27-11-10-26-4/h6-7,12-13H,5,8-11,14H2,1-4H3,(H2,20,21,23). The van der Waals surface area contributed by atoms with Crippen molar-refractivity contribution in [2.75, 3.05) is 33.9 Å². The first-order chi connectivity index (χ1) is 13.1. The molecule has 2 N–H and O–H groups in total. The fourth-order valence-electron chi connectivity index (χ4n) is 2.57. The Morgan fingerprint density at radius 1 is 1.22 bits per heavy atom. The average molecular weight is 374 g/mol. The van der Waals surface area contributed by atoms with Gasteiger partial charge in [-0.15, -0.1) is 0 Å². The highest BCUT2D eigenvalue weighted by Gasteiger charge is 2.02. The van der Waals surface area contributed by atoms with Crippen molar-refractivity contribution in [2.24, 2.45) is 4.99 Å². The minimum absolute atomic E-state index is 0.495. The van der Waals surface area contributed by atoms with Gasteiger partial charge in [-0.2, -0.15) is 5.10 Å². The Kier molecular flexibility index (Phi) is 8.57. The average Bonchev–Trinajstić information content (AvgIpc) is 2.99. The van der Waals surface area contributed by atoms with Crippen LogP contribution in [0.1, 0.15) is 23.4 Å². The third-order valence-corrected chi connectivity index (χ3v) is 3.96. The minimum Gasteiger partial charge on any atom is -0.475 e. The van der Waals surface area contributed by atoms with E-state index in [9.17, 15) is 0 Å². The van der Waals surface area contributed by atoms with E-state index in [4.69, 9.17) is 9.47 Å². The number of methoxy groups -OCH3 is 1. The van der Waals surface area contributed by atoms with E-state index in [-0.39, 0.29) is 0 Å². The Balaban J connectivity index is 1.68. The number of aliphatic imine (C=N–C) groups is 1. The number of hydrogen-bond donors (Lipinski definition) is 2. The van der Waals surface area contributed by atoms with Crippen LogP contribution in [0.3, 0.4) is 0 Å². The molecular formula is C19H30N6O2. The molecule has 2 rings (SSSR count). The molecule has 0 saturated heterocycles. The predicted molar refractivity (Wildman–Crippen MR) is 106 cm³/mol. The molecule has 0 aromatic carbocycles. The first kappa shape index (κ1) is 20.7. The molecule has 0 saturated carbocycles. The summed E-state index contributed by atoms with van der Waals surface area (Å²) >= 11 is 0. The second-order valence-electron chi connectivity index (χ2n) is 6.20. The Hall–Kier alpha value is -2.61. The summed E-state index contributed by atoms with van der Waals surface area (Å²) in [7, 11) is 3.41. The van der Waals surface area contributed by atoms with Crippen molar-refractivity contribution in [1.82, 2.24) is 25.4 Å². The third-order valence-electron chi connectivity index (χ3n) is 3.96. The zero-order chi connectivity index (χ0) is 19.5. The van der Waals surface area contributed by atoms with Crippen LogP contribution in [-0.2, 0) is 17.8 Å². The van der Waals surface area contributed by atoms with Crippen LogP contribution in [0.5, 0.6) is 5.88 Å². The lowest BCUT2D eigenvalue weighted by molar-refractivity contribution is 0.143. The van der Waals surface area contributed by atoms with Crippen molar-refractivity contribution >= 4 is 5.96 Å². The molecule has 8 nitrogen and oxygen atoms in total. The van der Waals surface area contributed by atoms with Gasteiger partial charge in [0.05, 0.1) is 12.3 Å². The largest absolute Gasteiger partial charge is 0.475 e. The van der Waals surface area contributed by atoms with Crippen molar-refractivity contribution in [3.63, 3.8) is 0 Å². The molecule has 0 aliphatic heterocycles. The molecule has 2 aromatic rings. The summed E-state index contributed by atoms with van der Waals surface area (Å²) in [5.41, 5.74) is 3.30. The molecule has 8 heteroatoms. The van der Waals surface area contributed by atoms with E-state index in [0.717, 1.165) is 36.7 Å². The highest BCUT2D eigenvalue weighted by Crippen LogP contribution is 2.07. The SMILES string of the molecule is CN=C(NCCCn1nc(C)cc1C)NCc1ccc(OCCOC)nc1. The van der Waals surface area contributed by atoms with Gasteiger partial charge < -0.3 is 20.1 Å². The number of ether oxygens (including phenoxy) is 2. The number of pyridine rings is 1. The Bertz CT molecular complexity index is 711. The van der Waals surface area contributed by atoms with E-state index < -0.39 is 0 Å². The normalized spacial score (nSPS) is 11.5. The highest BCUT2D eigenvalue weighted by atomic mass is 16.5. The van der Waals surface area contributed by atoms with Gasteiger partial charge in [0.1, 0.15) is 6.61 Å². The molecule has 148 valence electrons. The van der Waals surface area contributed by atoms with E-state index in [1.165, 1.54) is 5.69 Å². The molecule has 0 aliphatic rings. The molecule has 0 radical (unpaired) electrons. The van der Waals surface area contributed by atoms with Crippen molar-refractivity contribution in [1.29, 1.82) is 0 Å². The molecule has 0 unspecified atom stereocenters. The zero-order valence-corrected chi connectivity index (χ0v) is 16.7. The summed E-state index contributed by atoms with van der Waals surface area (Å²) in [4.78, 5) is 8.54. The second-order valence-corrected chi connectivity index (χ2v) is 6.20. The van der Waals surface area contributed by atoms with E-state index >= 15 is 0 Å². The van der Waals surface area contributed by atoms with E-state index in [0.29, 0.717) is 25.6 Å². The minimum atomic E-state index is 0.495. The van der Waals surface area contributed by atoms with E-state index in [1.54, 1.807) is 20.4 Å². The number of rotatable bonds is 10. The lowest BCUT2D eigenvalue weighted by atomic mass is 10.3. The van der Waals surface area contributed by atoms with Gasteiger partial charge in [0, 0.05) is 51.7 Å². The van der Waals surface area contributed by atoms with Gasteiger partial charge >= 0.3 is 0 Å². The molecular weight excluding hydrogens is 344 g/mol. The van der Waals surface area contributed by atoms with Crippen LogP contribution >= 0.6 is 0 Å². The quantitative estimate of drug-likeness (QED) is 0.374. The van der Waals surface area contributed by atoms with Crippen LogP contribution in [0.4, 0.5) is 0 Å². The summed E-state index contributed by atoms with van der Waals surface area (Å²) < 4.78 is 12.4. The van der Waals surface area contributed by atoms with Crippen molar-refractivity contribution < 1.29 is 9.47 Å². The molecule has 2 heterocycles. The third kappa shape index (κ3) is 7.26. The van der Waals surface area contributed by atoms with Crippen molar-refractivity contribution in [3.05, 3.63) is 41.3 Å². The van der Waals surface area contributed by atoms with Gasteiger partial charge in [0.2, 0.25) is 5.88 Å². The lowest BCUT2D eigenvalue weighted by Crippen LogP contribution is -2.37. The lowest BCUT2D eigenvalue weighted by Gasteiger charge is -2.12. The van der Waals surface area contributed by atoms with E-state index in [1.807, 2.05) is 23.7 Å². The maximum absolute atomic E-state index is 5.46. The number of nitrogens with zero attached hydrogens (tertiary/aromatic N) is 4. The number of nitrogens with one attached hydrogen (secondary N) is 2. The van der Waals surface area contributed by atoms with Crippen LogP contribution in [-0.4, -0.2) is 54.6 Å². The first-order valence-corrected chi connectivity index (χ1v) is 9.14. The zero-order valence-electron chi connectivity index (χ0n) is 16.7. The second kappa shape index (κ2) is 11.2. The van der Waals surface area contributed by atoms with E-state index in [2.05, 4.69) is 38.7 Å². The maximum atomic E-state index is 5.46. The molecule has 0 spiro atoms. The van der Waals surface area contributed by atoms with Gasteiger partial charge in [-0.3, -0.25) is 9.67 Å². The Labute approximate surface area is 161 Å². The molecule has 0 bridgehead atoms. The van der Waals surface area contributed by atoms with Gasteiger partial charge in [-0.1, -0.05) is 6.07 Å². The summed E-state index contributed by atoms with van der Waals surface area (Å²) in [6.07, 6.45) is 2.77. The number of hydrogen-bond acceptors (Lipinski definition) is 5. The summed E-state index contributed by atoms with van der Waals surface area (Å²) in [6, 6.07) is 5.94. The van der Waals surface area contributed by atoms with Gasteiger partial charge in [-0.25, -0.2) is 4.98 Å². The van der Waals surface area contributed by atoms with Gasteiger partial charge in [-0.05, 0) is 31.9 Å². The van der Waals surface area contributed by atoms with Crippen LogP contribution in [0.25, 0.3) is 0 Å². The summed E-state index contributed by atoms with van der Waals surface area (Å²) in [6.45, 7) is 7.49. The molecule has 27 heavy (non-hydrogen) atoms. The van der Waals surface area contributed by atoms with Crippen molar-refractivity contribution in [2.45, 2.75) is 33.4 Å². The monoisotopic (exact) mass is 374 g/mol. The van der Waals surface area contributed by atoms with Crippen molar-refractivity contribution in [3.8, 4) is 5.88 Å². The number of aryl methyl sites for hydroxylation is 3. The fraction of sp³-hybridized carbons (Fsp3) is 0.526. The first-order valence-electron chi connectivity index (χ1n) is 9.14. The molecule has 0 aliphatic carbocycles. The molecule has 0 fully saturated rings. The highest BCUT2D eigenvalue weighted by molar-refractivity contribution is 5.79. The van der Waals surface area contributed by atoms with Crippen LogP contribution in [0, 0.1) is 13.8 Å². The van der Waals surface area contributed by atoms with Crippen LogP contribution in [0.15, 0.2) is 29.4 Å². The summed E-state index contributed by atoms with van der Waals surface area (Å²) in [5.74, 6) is 1.37. The predicted octanol–water partition coefficient (Wildman–Crippen LogP) is 1.68. The maximum Gasteiger partial charge on any atom is 0.213 e. The number of guanidine groups is 1. The van der Waals surface area contributed by atoms with Crippen LogP contribution < -0.4 is 15.4 Å². The smallest absolute Gasteiger partial charge is 0.213 e. The topological polar surface area (TPSA) is 85.6 Å². The van der Waals surface area contributed by atoms with Gasteiger partial charge in [0.25, 0.3) is 0 Å². The Morgan fingerprint density at radius 2 is 2.07 bits per heavy atom.